The Morgan fingerprint density at radius 1 is 0.822 bits per heavy atom. The molecule has 2 N–H and O–H groups in total. The molecule has 0 aromatic heterocycles. The molecule has 4 unspecified atom stereocenters. The van der Waals surface area contributed by atoms with Crippen LogP contribution in [-0.2, 0) is 33.5 Å². The molecule has 4 fully saturated rings. The quantitative estimate of drug-likeness (QED) is 0.314. The molecule has 5 amide bonds. The number of imide groups is 2. The Morgan fingerprint density at radius 3 is 1.69 bits per heavy atom. The molecule has 5 rings (SSSR count). The van der Waals surface area contributed by atoms with Crippen molar-refractivity contribution in [1.82, 2.24) is 20.4 Å². The molecular formula is C34H50N4O7. The largest absolute Gasteiger partial charge is 0.369 e. The molecule has 0 spiro atoms. The van der Waals surface area contributed by atoms with E-state index in [1.54, 1.807) is 6.08 Å². The summed E-state index contributed by atoms with van der Waals surface area (Å²) in [5.74, 6) is -3.73. The number of nitrogens with zero attached hydrogens (tertiary/aromatic N) is 2. The second kappa shape index (κ2) is 14.2. The third-order valence-electron chi connectivity index (χ3n) is 10.7. The molecule has 11 heteroatoms. The number of hydrogen-bond donors (Lipinski definition) is 2. The standard InChI is InChI=1S/C34H50N4O7/c1-5-12-27(40)20-17-26(29(35-19(4)39)28(18-20)45-21(6-2)7-3)36-34(37-30(41)22-13-8-9-14-23(22)31(37)42)38-32(43)24-15-10-11-16-25(24)33(38)44/h18,21-26,28-29,34,36H,5-17H2,1-4H3,(H,35,39)/t22?,23?,24?,25?,26-,28+,29+,34?/m0/s1. The third-order valence-corrected chi connectivity index (χ3v) is 10.7. The topological polar surface area (TPSA) is 142 Å². The minimum Gasteiger partial charge on any atom is -0.369 e. The van der Waals surface area contributed by atoms with E-state index in [9.17, 15) is 28.8 Å². The van der Waals surface area contributed by atoms with Crippen molar-refractivity contribution in [2.24, 2.45) is 23.7 Å². The Morgan fingerprint density at radius 2 is 1.29 bits per heavy atom. The van der Waals surface area contributed by atoms with Crippen LogP contribution in [0.1, 0.15) is 111 Å². The number of hydrogen-bond acceptors (Lipinski definition) is 8. The number of fused-ring (bicyclic) bond motifs is 2. The van der Waals surface area contributed by atoms with E-state index in [0.29, 0.717) is 44.1 Å². The second-order valence-electron chi connectivity index (χ2n) is 13.6. The van der Waals surface area contributed by atoms with Crippen LogP contribution in [0.5, 0.6) is 0 Å². The van der Waals surface area contributed by atoms with Crippen molar-refractivity contribution in [3.05, 3.63) is 11.6 Å². The summed E-state index contributed by atoms with van der Waals surface area (Å²) < 4.78 is 6.49. The highest BCUT2D eigenvalue weighted by atomic mass is 16.5. The minimum absolute atomic E-state index is 0.0426. The van der Waals surface area contributed by atoms with Crippen molar-refractivity contribution in [3.63, 3.8) is 0 Å². The smallest absolute Gasteiger partial charge is 0.235 e. The second-order valence-corrected chi connectivity index (χ2v) is 13.6. The van der Waals surface area contributed by atoms with Gasteiger partial charge >= 0.3 is 0 Å². The molecule has 5 aliphatic rings. The van der Waals surface area contributed by atoms with E-state index in [-0.39, 0.29) is 47.8 Å². The lowest BCUT2D eigenvalue weighted by Crippen LogP contribution is -2.68. The van der Waals surface area contributed by atoms with E-state index < -0.39 is 48.1 Å². The normalized spacial score (nSPS) is 32.5. The first-order valence-electron chi connectivity index (χ1n) is 17.3. The molecule has 2 heterocycles. The SMILES string of the molecule is CCCC(=O)C1=C[C@@H](OC(CC)CC)[C@H](NC(C)=O)[C@@H](NC(N2C(=O)C3CCCCC3C2=O)N2C(=O)C3CCCCC3C2=O)C1. The van der Waals surface area contributed by atoms with Crippen molar-refractivity contribution >= 4 is 35.3 Å². The van der Waals surface area contributed by atoms with Gasteiger partial charge in [0.05, 0.1) is 41.9 Å². The van der Waals surface area contributed by atoms with Gasteiger partial charge in [0.15, 0.2) is 12.1 Å². The predicted octanol–water partition coefficient (Wildman–Crippen LogP) is 3.36. The van der Waals surface area contributed by atoms with Gasteiger partial charge in [-0.15, -0.1) is 0 Å². The first-order valence-corrected chi connectivity index (χ1v) is 17.3. The van der Waals surface area contributed by atoms with Crippen molar-refractivity contribution < 1.29 is 33.5 Å². The number of amides is 5. The number of ether oxygens (including phenoxy) is 1. The van der Waals surface area contributed by atoms with Crippen LogP contribution in [0.3, 0.4) is 0 Å². The number of carbonyl (C=O) groups excluding carboxylic acids is 6. The van der Waals surface area contributed by atoms with Gasteiger partial charge < -0.3 is 10.1 Å². The van der Waals surface area contributed by atoms with Crippen LogP contribution in [0.4, 0.5) is 0 Å². The maximum Gasteiger partial charge on any atom is 0.235 e. The van der Waals surface area contributed by atoms with E-state index in [1.807, 2.05) is 20.8 Å². The number of rotatable bonds is 12. The highest BCUT2D eigenvalue weighted by molar-refractivity contribution is 6.09. The number of likely N-dealkylation sites (tertiary alicyclic amines) is 2. The van der Waals surface area contributed by atoms with Gasteiger partial charge in [-0.05, 0) is 63.0 Å². The Kier molecular flexibility index (Phi) is 10.6. The lowest BCUT2D eigenvalue weighted by molar-refractivity contribution is -0.159. The Balaban J connectivity index is 1.56. The summed E-state index contributed by atoms with van der Waals surface area (Å²) in [6, 6.07) is -1.40. The number of carbonyl (C=O) groups is 6. The zero-order valence-corrected chi connectivity index (χ0v) is 27.2. The van der Waals surface area contributed by atoms with Crippen molar-refractivity contribution in [2.75, 3.05) is 0 Å². The predicted molar refractivity (Wildman–Crippen MR) is 165 cm³/mol. The van der Waals surface area contributed by atoms with Gasteiger partial charge in [0.25, 0.3) is 0 Å². The first-order chi connectivity index (χ1) is 21.6. The van der Waals surface area contributed by atoms with Crippen molar-refractivity contribution in [2.45, 2.75) is 142 Å². The van der Waals surface area contributed by atoms with Crippen LogP contribution in [-0.4, -0.2) is 75.7 Å². The number of nitrogens with one attached hydrogen (secondary N) is 2. The van der Waals surface area contributed by atoms with Gasteiger partial charge in [-0.25, -0.2) is 9.80 Å². The molecule has 0 aromatic rings. The van der Waals surface area contributed by atoms with E-state index in [0.717, 1.165) is 48.3 Å². The molecule has 45 heavy (non-hydrogen) atoms. The summed E-state index contributed by atoms with van der Waals surface area (Å²) in [4.78, 5) is 84.1. The van der Waals surface area contributed by atoms with E-state index in [2.05, 4.69) is 10.6 Å². The average Bonchev–Trinajstić information content (AvgIpc) is 3.44. The maximum atomic E-state index is 14.0. The highest BCUT2D eigenvalue weighted by Gasteiger charge is 2.58. The summed E-state index contributed by atoms with van der Waals surface area (Å²) in [6.07, 6.45) is 7.99. The van der Waals surface area contributed by atoms with Gasteiger partial charge in [-0.2, -0.15) is 0 Å². The summed E-state index contributed by atoms with van der Waals surface area (Å²) in [7, 11) is 0. The summed E-state index contributed by atoms with van der Waals surface area (Å²) in [5, 5.41) is 6.38. The highest BCUT2D eigenvalue weighted by Crippen LogP contribution is 2.43. The van der Waals surface area contributed by atoms with E-state index in [1.165, 1.54) is 6.92 Å². The average molecular weight is 627 g/mol. The van der Waals surface area contributed by atoms with Crippen LogP contribution >= 0.6 is 0 Å². The van der Waals surface area contributed by atoms with Crippen LogP contribution in [0.2, 0.25) is 0 Å². The van der Waals surface area contributed by atoms with Gasteiger partial charge in [0, 0.05) is 19.4 Å². The molecule has 7 atom stereocenters. The summed E-state index contributed by atoms with van der Waals surface area (Å²) >= 11 is 0. The molecule has 3 aliphatic carbocycles. The molecule has 248 valence electrons. The maximum absolute atomic E-state index is 14.0. The third kappa shape index (κ3) is 6.52. The summed E-state index contributed by atoms with van der Waals surface area (Å²) in [5.41, 5.74) is 0.533. The molecule has 0 radical (unpaired) electrons. The Hall–Kier alpha value is -2.92. The molecule has 0 bridgehead atoms. The first kappa shape index (κ1) is 33.4. The fourth-order valence-electron chi connectivity index (χ4n) is 8.28. The van der Waals surface area contributed by atoms with Crippen LogP contribution in [0.25, 0.3) is 0 Å². The summed E-state index contributed by atoms with van der Waals surface area (Å²) in [6.45, 7) is 7.36. The molecule has 2 saturated carbocycles. The van der Waals surface area contributed by atoms with Gasteiger partial charge in [0.2, 0.25) is 29.5 Å². The zero-order chi connectivity index (χ0) is 32.4. The Bertz CT molecular complexity index is 1130. The lowest BCUT2D eigenvalue weighted by atomic mass is 9.81. The number of Topliss-reactive ketones (excluding diaryl/α,β-unsaturated/α-hetero) is 1. The molecule has 2 saturated heterocycles. The molecular weight excluding hydrogens is 576 g/mol. The van der Waals surface area contributed by atoms with E-state index >= 15 is 0 Å². The van der Waals surface area contributed by atoms with Crippen LogP contribution < -0.4 is 10.6 Å². The molecule has 11 nitrogen and oxygen atoms in total. The van der Waals surface area contributed by atoms with Crippen LogP contribution in [0.15, 0.2) is 11.6 Å². The fourth-order valence-corrected chi connectivity index (χ4v) is 8.28. The van der Waals surface area contributed by atoms with Gasteiger partial charge in [-0.3, -0.25) is 34.1 Å². The minimum atomic E-state index is -1.35. The van der Waals surface area contributed by atoms with Gasteiger partial charge in [0.1, 0.15) is 0 Å². The van der Waals surface area contributed by atoms with Gasteiger partial charge in [-0.1, -0.05) is 46.5 Å². The number of ketones is 1. The van der Waals surface area contributed by atoms with E-state index in [4.69, 9.17) is 4.74 Å². The fraction of sp³-hybridized carbons (Fsp3) is 0.765. The Labute approximate surface area is 266 Å². The molecule has 0 aromatic carbocycles. The monoisotopic (exact) mass is 626 g/mol. The molecule has 2 aliphatic heterocycles. The van der Waals surface area contributed by atoms with Crippen LogP contribution in [0, 0.1) is 23.7 Å². The zero-order valence-electron chi connectivity index (χ0n) is 27.2. The van der Waals surface area contributed by atoms with Crippen molar-refractivity contribution in [3.8, 4) is 0 Å². The van der Waals surface area contributed by atoms with Crippen molar-refractivity contribution in [1.29, 1.82) is 0 Å². The lowest BCUT2D eigenvalue weighted by Gasteiger charge is -2.43.